The molecule has 1 N–H and O–H groups in total. The predicted molar refractivity (Wildman–Crippen MR) is 120 cm³/mol. The van der Waals surface area contributed by atoms with Crippen molar-refractivity contribution in [3.05, 3.63) is 66.0 Å². The number of thioether (sulfide) groups is 1. The number of allylic oxidation sites excluding steroid dienone is 1. The highest BCUT2D eigenvalue weighted by Gasteiger charge is 2.23. The van der Waals surface area contributed by atoms with Crippen LogP contribution in [-0.4, -0.2) is 38.7 Å². The summed E-state index contributed by atoms with van der Waals surface area (Å²) in [6, 6.07) is 13.6. The van der Waals surface area contributed by atoms with E-state index in [1.807, 2.05) is 48.7 Å². The van der Waals surface area contributed by atoms with Gasteiger partial charge in [-0.05, 0) is 74.8 Å². The molecule has 3 aromatic rings. The number of carbonyl (C=O) groups excluding carboxylic acids is 1. The van der Waals surface area contributed by atoms with E-state index in [0.717, 1.165) is 29.8 Å². The predicted octanol–water partition coefficient (Wildman–Crippen LogP) is 4.67. The standard InChI is InChI=1S/C23H25N5OS/c1-30-19-12-10-18(11-13-19)28-22(20-9-5-6-15-24-20)21(26-27-28)23(29)25-16-14-17-7-3-2-4-8-17/h5-7,9-13,15H,2-4,8,14,16H2,1H3,(H,25,29). The molecule has 0 radical (unpaired) electrons. The molecule has 154 valence electrons. The number of pyridine rings is 1. The van der Waals surface area contributed by atoms with Crippen LogP contribution in [0.4, 0.5) is 0 Å². The minimum atomic E-state index is -0.223. The highest BCUT2D eigenvalue weighted by atomic mass is 32.2. The summed E-state index contributed by atoms with van der Waals surface area (Å²) in [6.45, 7) is 0.599. The first-order chi connectivity index (χ1) is 14.8. The lowest BCUT2D eigenvalue weighted by molar-refractivity contribution is 0.0949. The van der Waals surface area contributed by atoms with E-state index >= 15 is 0 Å². The smallest absolute Gasteiger partial charge is 0.274 e. The van der Waals surface area contributed by atoms with Crippen LogP contribution in [0.2, 0.25) is 0 Å². The molecule has 30 heavy (non-hydrogen) atoms. The Balaban J connectivity index is 1.60. The third kappa shape index (κ3) is 4.62. The van der Waals surface area contributed by atoms with Crippen LogP contribution in [-0.2, 0) is 0 Å². The molecule has 0 bridgehead atoms. The van der Waals surface area contributed by atoms with Gasteiger partial charge in [-0.15, -0.1) is 16.9 Å². The molecule has 2 aromatic heterocycles. The van der Waals surface area contributed by atoms with Crippen LogP contribution in [0.5, 0.6) is 0 Å². The van der Waals surface area contributed by atoms with E-state index in [1.165, 1.54) is 18.4 Å². The van der Waals surface area contributed by atoms with Gasteiger partial charge in [0.05, 0.1) is 11.4 Å². The number of carbonyl (C=O) groups is 1. The lowest BCUT2D eigenvalue weighted by atomic mass is 9.97. The second kappa shape index (κ2) is 9.71. The molecule has 1 aliphatic carbocycles. The number of rotatable bonds is 7. The number of aromatic nitrogens is 4. The van der Waals surface area contributed by atoms with Crippen LogP contribution in [0.25, 0.3) is 17.1 Å². The van der Waals surface area contributed by atoms with Gasteiger partial charge < -0.3 is 5.32 Å². The molecule has 2 heterocycles. The first-order valence-corrected chi connectivity index (χ1v) is 11.5. The number of benzene rings is 1. The van der Waals surface area contributed by atoms with Crippen LogP contribution < -0.4 is 5.32 Å². The lowest BCUT2D eigenvalue weighted by Gasteiger charge is -2.13. The number of hydrogen-bond donors (Lipinski definition) is 1. The molecule has 6 nitrogen and oxygen atoms in total. The van der Waals surface area contributed by atoms with E-state index < -0.39 is 0 Å². The van der Waals surface area contributed by atoms with Crippen molar-refractivity contribution in [2.24, 2.45) is 0 Å². The molecule has 0 spiro atoms. The van der Waals surface area contributed by atoms with Gasteiger partial charge in [-0.1, -0.05) is 22.9 Å². The van der Waals surface area contributed by atoms with Crippen LogP contribution in [0, 0.1) is 0 Å². The summed E-state index contributed by atoms with van der Waals surface area (Å²) < 4.78 is 1.69. The van der Waals surface area contributed by atoms with Crippen molar-refractivity contribution in [3.63, 3.8) is 0 Å². The third-order valence-electron chi connectivity index (χ3n) is 5.23. The van der Waals surface area contributed by atoms with Crippen molar-refractivity contribution in [1.82, 2.24) is 25.3 Å². The Hall–Kier alpha value is -2.93. The zero-order valence-corrected chi connectivity index (χ0v) is 17.9. The molecule has 7 heteroatoms. The van der Waals surface area contributed by atoms with Crippen LogP contribution in [0.15, 0.2) is 65.2 Å². The second-order valence-corrected chi connectivity index (χ2v) is 8.11. The van der Waals surface area contributed by atoms with Crippen LogP contribution in [0.3, 0.4) is 0 Å². The topological polar surface area (TPSA) is 72.7 Å². The average Bonchev–Trinajstić information content (AvgIpc) is 3.26. The van der Waals surface area contributed by atoms with Gasteiger partial charge in [0.2, 0.25) is 0 Å². The van der Waals surface area contributed by atoms with Gasteiger partial charge in [-0.3, -0.25) is 9.78 Å². The van der Waals surface area contributed by atoms with Gasteiger partial charge >= 0.3 is 0 Å². The van der Waals surface area contributed by atoms with Crippen molar-refractivity contribution in [1.29, 1.82) is 0 Å². The Bertz CT molecular complexity index is 1030. The van der Waals surface area contributed by atoms with Gasteiger partial charge in [0.15, 0.2) is 5.69 Å². The molecule has 0 saturated carbocycles. The van der Waals surface area contributed by atoms with Gasteiger partial charge in [0.25, 0.3) is 5.91 Å². The zero-order valence-electron chi connectivity index (χ0n) is 17.0. The number of nitrogens with zero attached hydrogens (tertiary/aromatic N) is 4. The highest BCUT2D eigenvalue weighted by molar-refractivity contribution is 7.98. The van der Waals surface area contributed by atoms with Crippen molar-refractivity contribution in [3.8, 4) is 17.1 Å². The van der Waals surface area contributed by atoms with Crippen molar-refractivity contribution >= 4 is 17.7 Å². The van der Waals surface area contributed by atoms with Crippen molar-refractivity contribution in [2.45, 2.75) is 37.0 Å². The zero-order chi connectivity index (χ0) is 20.8. The van der Waals surface area contributed by atoms with Gasteiger partial charge in [0.1, 0.15) is 5.69 Å². The molecule has 4 rings (SSSR count). The summed E-state index contributed by atoms with van der Waals surface area (Å²) in [5.74, 6) is -0.223. The first-order valence-electron chi connectivity index (χ1n) is 10.2. The first kappa shape index (κ1) is 20.3. The molecule has 0 aliphatic heterocycles. The summed E-state index contributed by atoms with van der Waals surface area (Å²) in [7, 11) is 0. The number of amides is 1. The number of nitrogens with one attached hydrogen (secondary N) is 1. The Morgan fingerprint density at radius 3 is 2.73 bits per heavy atom. The quantitative estimate of drug-likeness (QED) is 0.445. The number of hydrogen-bond acceptors (Lipinski definition) is 5. The minimum absolute atomic E-state index is 0.223. The molecule has 0 unspecified atom stereocenters. The van der Waals surface area contributed by atoms with Gasteiger partial charge in [-0.2, -0.15) is 0 Å². The van der Waals surface area contributed by atoms with E-state index in [2.05, 4.69) is 26.7 Å². The summed E-state index contributed by atoms with van der Waals surface area (Å²) in [6.07, 6.45) is 11.7. The monoisotopic (exact) mass is 419 g/mol. The lowest BCUT2D eigenvalue weighted by Crippen LogP contribution is -2.26. The SMILES string of the molecule is CSc1ccc(-n2nnc(C(=O)NCCC3=CCCCC3)c2-c2ccccn2)cc1. The Morgan fingerprint density at radius 1 is 1.17 bits per heavy atom. The fourth-order valence-electron chi connectivity index (χ4n) is 3.62. The van der Waals surface area contributed by atoms with Gasteiger partial charge in [-0.25, -0.2) is 4.68 Å². The molecule has 0 atom stereocenters. The van der Waals surface area contributed by atoms with E-state index in [4.69, 9.17) is 0 Å². The van der Waals surface area contributed by atoms with E-state index in [1.54, 1.807) is 22.6 Å². The molecule has 1 amide bonds. The molecular weight excluding hydrogens is 394 g/mol. The minimum Gasteiger partial charge on any atom is -0.350 e. The molecule has 1 aliphatic rings. The van der Waals surface area contributed by atoms with E-state index in [0.29, 0.717) is 23.6 Å². The Kier molecular flexibility index (Phi) is 6.59. The average molecular weight is 420 g/mol. The normalized spacial score (nSPS) is 13.7. The van der Waals surface area contributed by atoms with Crippen molar-refractivity contribution < 1.29 is 4.79 Å². The van der Waals surface area contributed by atoms with Crippen molar-refractivity contribution in [2.75, 3.05) is 12.8 Å². The van der Waals surface area contributed by atoms with Gasteiger partial charge in [0, 0.05) is 17.6 Å². The summed E-state index contributed by atoms with van der Waals surface area (Å²) in [5.41, 5.74) is 3.83. The Labute approximate surface area is 180 Å². The molecule has 1 aromatic carbocycles. The van der Waals surface area contributed by atoms with Crippen LogP contribution >= 0.6 is 11.8 Å². The maximum Gasteiger partial charge on any atom is 0.274 e. The van der Waals surface area contributed by atoms with E-state index in [9.17, 15) is 4.79 Å². The molecule has 0 saturated heterocycles. The summed E-state index contributed by atoms with van der Waals surface area (Å²) in [4.78, 5) is 18.6. The van der Waals surface area contributed by atoms with Crippen LogP contribution in [0.1, 0.15) is 42.6 Å². The molecule has 0 fully saturated rings. The summed E-state index contributed by atoms with van der Waals surface area (Å²) in [5, 5.41) is 11.5. The fraction of sp³-hybridized carbons (Fsp3) is 0.304. The highest BCUT2D eigenvalue weighted by Crippen LogP contribution is 2.25. The third-order valence-corrected chi connectivity index (χ3v) is 5.97. The Morgan fingerprint density at radius 2 is 2.03 bits per heavy atom. The molecular formula is C23H25N5OS. The maximum atomic E-state index is 12.9. The largest absolute Gasteiger partial charge is 0.350 e. The maximum absolute atomic E-state index is 12.9. The second-order valence-electron chi connectivity index (χ2n) is 7.23. The van der Waals surface area contributed by atoms with E-state index in [-0.39, 0.29) is 5.91 Å². The summed E-state index contributed by atoms with van der Waals surface area (Å²) >= 11 is 1.68. The fourth-order valence-corrected chi connectivity index (χ4v) is 4.03.